The van der Waals surface area contributed by atoms with Gasteiger partial charge in [0, 0.05) is 18.4 Å². The van der Waals surface area contributed by atoms with Gasteiger partial charge in [-0.25, -0.2) is 18.0 Å². The maximum atomic E-state index is 15.0. The Bertz CT molecular complexity index is 950. The van der Waals surface area contributed by atoms with Crippen molar-refractivity contribution in [2.24, 2.45) is 11.3 Å². The van der Waals surface area contributed by atoms with Gasteiger partial charge in [-0.2, -0.15) is 5.26 Å². The lowest BCUT2D eigenvalue weighted by atomic mass is 9.63. The summed E-state index contributed by atoms with van der Waals surface area (Å²) in [6.07, 6.45) is -2.90. The van der Waals surface area contributed by atoms with Crippen LogP contribution in [0.3, 0.4) is 0 Å². The zero-order valence-electron chi connectivity index (χ0n) is 18.1. The molecule has 0 radical (unpaired) electrons. The summed E-state index contributed by atoms with van der Waals surface area (Å²) in [6.45, 7) is 6.48. The molecule has 0 saturated carbocycles. The van der Waals surface area contributed by atoms with Crippen LogP contribution in [0.15, 0.2) is 24.3 Å². The number of benzene rings is 1. The molecular formula is C22H26F3N3O3. The van der Waals surface area contributed by atoms with Crippen molar-refractivity contribution in [2.75, 3.05) is 6.61 Å². The normalized spacial score (nSPS) is 31.2. The number of carbonyl (C=O) groups excluding carboxylic acids is 1. The molecule has 2 fully saturated rings. The molecule has 1 aromatic rings. The molecule has 1 aromatic carbocycles. The van der Waals surface area contributed by atoms with Gasteiger partial charge < -0.3 is 9.47 Å². The summed E-state index contributed by atoms with van der Waals surface area (Å²) in [6, 6.07) is 7.49. The molecule has 0 bridgehead atoms. The first-order chi connectivity index (χ1) is 14.2. The maximum absolute atomic E-state index is 15.0. The predicted octanol–water partition coefficient (Wildman–Crippen LogP) is 4.84. The van der Waals surface area contributed by atoms with Crippen molar-refractivity contribution in [3.8, 4) is 6.07 Å². The van der Waals surface area contributed by atoms with Crippen LogP contribution >= 0.6 is 0 Å². The van der Waals surface area contributed by atoms with E-state index in [1.165, 1.54) is 25.1 Å². The summed E-state index contributed by atoms with van der Waals surface area (Å²) in [5.41, 5.74) is -4.36. The number of ether oxygens (including phenoxy) is 2. The van der Waals surface area contributed by atoms with Gasteiger partial charge in [-0.1, -0.05) is 18.2 Å². The van der Waals surface area contributed by atoms with E-state index in [1.54, 1.807) is 20.8 Å². The Morgan fingerprint density at radius 2 is 1.94 bits per heavy atom. The van der Waals surface area contributed by atoms with Gasteiger partial charge in [0.1, 0.15) is 34.3 Å². The third-order valence-corrected chi connectivity index (χ3v) is 5.90. The lowest BCUT2D eigenvalue weighted by molar-refractivity contribution is -0.120. The molecule has 168 valence electrons. The average molecular weight is 437 g/mol. The molecule has 31 heavy (non-hydrogen) atoms. The lowest BCUT2D eigenvalue weighted by Gasteiger charge is -2.52. The van der Waals surface area contributed by atoms with Crippen molar-refractivity contribution in [3.05, 3.63) is 35.6 Å². The second-order valence-corrected chi connectivity index (χ2v) is 9.51. The van der Waals surface area contributed by atoms with Crippen LogP contribution in [-0.2, 0) is 15.0 Å². The van der Waals surface area contributed by atoms with E-state index in [4.69, 9.17) is 14.9 Å². The van der Waals surface area contributed by atoms with Gasteiger partial charge in [-0.15, -0.1) is 0 Å². The van der Waals surface area contributed by atoms with Crippen LogP contribution in [0.2, 0.25) is 0 Å². The molecule has 2 saturated heterocycles. The van der Waals surface area contributed by atoms with Gasteiger partial charge >= 0.3 is 6.09 Å². The van der Waals surface area contributed by atoms with E-state index in [0.29, 0.717) is 6.92 Å². The third kappa shape index (κ3) is 3.67. The van der Waals surface area contributed by atoms with Crippen LogP contribution in [0.5, 0.6) is 0 Å². The molecule has 3 rings (SSSR count). The fourth-order valence-corrected chi connectivity index (χ4v) is 4.55. The zero-order chi connectivity index (χ0) is 23.4. The molecule has 2 heterocycles. The van der Waals surface area contributed by atoms with Gasteiger partial charge in [0.05, 0.1) is 12.7 Å². The molecule has 0 spiro atoms. The molecule has 2 aliphatic rings. The standard InChI is InChI=1S/C22H26F3N3O3/c1-19(2,3)31-18(29)28-17(27)20(4,11-26)10-14-16(21(5,24)25)30-12-22(14,28)13-8-6-7-9-15(13)23/h6-9,14,16,27H,10,12H2,1-5H3/t14-,16+,20?,22-/m1/s1. The smallest absolute Gasteiger partial charge is 0.416 e. The molecule has 2 aliphatic heterocycles. The van der Waals surface area contributed by atoms with Gasteiger partial charge in [0.25, 0.3) is 5.92 Å². The number of nitrogens with one attached hydrogen (secondary N) is 1. The monoisotopic (exact) mass is 437 g/mol. The fourth-order valence-electron chi connectivity index (χ4n) is 4.55. The molecule has 9 heteroatoms. The van der Waals surface area contributed by atoms with Crippen LogP contribution in [0, 0.1) is 33.9 Å². The van der Waals surface area contributed by atoms with Crippen LogP contribution in [0.25, 0.3) is 0 Å². The summed E-state index contributed by atoms with van der Waals surface area (Å²) < 4.78 is 55.1. The largest absolute Gasteiger partial charge is 0.443 e. The highest BCUT2D eigenvalue weighted by molar-refractivity contribution is 6.00. The van der Waals surface area contributed by atoms with Crippen molar-refractivity contribution in [1.82, 2.24) is 4.90 Å². The molecule has 1 unspecified atom stereocenters. The van der Waals surface area contributed by atoms with Crippen LogP contribution in [0.1, 0.15) is 46.6 Å². The second kappa shape index (κ2) is 7.23. The van der Waals surface area contributed by atoms with Gasteiger partial charge in [0.15, 0.2) is 0 Å². The maximum Gasteiger partial charge on any atom is 0.416 e. The number of carbonyl (C=O) groups is 1. The van der Waals surface area contributed by atoms with Crippen molar-refractivity contribution in [3.63, 3.8) is 0 Å². The zero-order valence-corrected chi connectivity index (χ0v) is 18.1. The first-order valence-corrected chi connectivity index (χ1v) is 9.95. The van der Waals surface area contributed by atoms with Gasteiger partial charge in [0.2, 0.25) is 0 Å². The summed E-state index contributed by atoms with van der Waals surface area (Å²) in [5, 5.41) is 18.5. The Labute approximate surface area is 179 Å². The minimum absolute atomic E-state index is 0.0534. The Kier molecular flexibility index (Phi) is 5.38. The Hall–Kier alpha value is -2.60. The predicted molar refractivity (Wildman–Crippen MR) is 106 cm³/mol. The minimum Gasteiger partial charge on any atom is -0.443 e. The van der Waals surface area contributed by atoms with E-state index < -0.39 is 58.9 Å². The fraction of sp³-hybridized carbons (Fsp3) is 0.591. The van der Waals surface area contributed by atoms with E-state index in [0.717, 1.165) is 11.0 Å². The second-order valence-electron chi connectivity index (χ2n) is 9.51. The molecule has 6 nitrogen and oxygen atoms in total. The van der Waals surface area contributed by atoms with Crippen molar-refractivity contribution < 1.29 is 27.4 Å². The van der Waals surface area contributed by atoms with Crippen molar-refractivity contribution in [1.29, 1.82) is 10.7 Å². The highest BCUT2D eigenvalue weighted by atomic mass is 19.3. The van der Waals surface area contributed by atoms with Crippen LogP contribution in [-0.4, -0.2) is 41.1 Å². The molecule has 1 amide bonds. The number of amides is 1. The van der Waals surface area contributed by atoms with E-state index in [-0.39, 0.29) is 12.0 Å². The summed E-state index contributed by atoms with van der Waals surface area (Å²) in [7, 11) is 0. The Morgan fingerprint density at radius 1 is 1.32 bits per heavy atom. The minimum atomic E-state index is -3.33. The number of fused-ring (bicyclic) bond motifs is 1. The molecule has 1 N–H and O–H groups in total. The molecule has 0 aromatic heterocycles. The Morgan fingerprint density at radius 3 is 2.45 bits per heavy atom. The van der Waals surface area contributed by atoms with Crippen molar-refractivity contribution >= 4 is 11.9 Å². The van der Waals surface area contributed by atoms with Gasteiger partial charge in [-0.3, -0.25) is 10.3 Å². The van der Waals surface area contributed by atoms with Gasteiger partial charge in [-0.05, 0) is 40.2 Å². The van der Waals surface area contributed by atoms with Crippen LogP contribution in [0.4, 0.5) is 18.0 Å². The van der Waals surface area contributed by atoms with E-state index >= 15 is 4.39 Å². The highest BCUT2D eigenvalue weighted by Gasteiger charge is 2.68. The number of rotatable bonds is 2. The quantitative estimate of drug-likeness (QED) is 0.717. The highest BCUT2D eigenvalue weighted by Crippen LogP contribution is 2.57. The summed E-state index contributed by atoms with van der Waals surface area (Å²) in [5.74, 6) is -5.64. The number of nitrogens with zero attached hydrogens (tertiary/aromatic N) is 2. The number of hydrogen-bond donors (Lipinski definition) is 1. The van der Waals surface area contributed by atoms with Crippen molar-refractivity contribution in [2.45, 2.75) is 64.2 Å². The van der Waals surface area contributed by atoms with E-state index in [2.05, 4.69) is 0 Å². The Balaban J connectivity index is 2.31. The number of amidine groups is 1. The van der Waals surface area contributed by atoms with Crippen LogP contribution < -0.4 is 0 Å². The number of piperidine rings is 1. The number of nitriles is 1. The number of halogens is 3. The molecular weight excluding hydrogens is 411 g/mol. The number of hydrogen-bond acceptors (Lipinski definition) is 5. The first-order valence-electron chi connectivity index (χ1n) is 9.95. The summed E-state index contributed by atoms with van der Waals surface area (Å²) >= 11 is 0. The SMILES string of the molecule is CC(C)(C)OC(=O)N1C(=N)C(C)(C#N)C[C@@H]2[C@@H](C(C)(F)F)OC[C@@]21c1ccccc1F. The number of alkyl halides is 2. The summed E-state index contributed by atoms with van der Waals surface area (Å²) in [4.78, 5) is 14.2. The average Bonchev–Trinajstić information content (AvgIpc) is 3.00. The third-order valence-electron chi connectivity index (χ3n) is 5.90. The molecule has 0 aliphatic carbocycles. The van der Waals surface area contributed by atoms with E-state index in [1.807, 2.05) is 6.07 Å². The van der Waals surface area contributed by atoms with E-state index in [9.17, 15) is 18.8 Å². The lowest BCUT2D eigenvalue weighted by Crippen LogP contribution is -2.66. The number of likely N-dealkylation sites (tertiary alicyclic amines) is 1. The first kappa shape index (κ1) is 23.1. The molecule has 4 atom stereocenters. The topological polar surface area (TPSA) is 86.4 Å².